The fourth-order valence-electron chi connectivity index (χ4n) is 1.89. The molecule has 0 atom stereocenters. The van der Waals surface area contributed by atoms with Crippen molar-refractivity contribution < 1.29 is 4.74 Å². The van der Waals surface area contributed by atoms with E-state index in [9.17, 15) is 0 Å². The summed E-state index contributed by atoms with van der Waals surface area (Å²) in [6.45, 7) is 6.67. The maximum absolute atomic E-state index is 5.62. The minimum atomic E-state index is 0.712. The van der Waals surface area contributed by atoms with Gasteiger partial charge >= 0.3 is 0 Å². The smallest absolute Gasteiger partial charge is 0.138 e. The predicted octanol–water partition coefficient (Wildman–Crippen LogP) is 3.04. The van der Waals surface area contributed by atoms with Crippen LogP contribution in [0.1, 0.15) is 25.8 Å². The van der Waals surface area contributed by atoms with Gasteiger partial charge in [0.2, 0.25) is 0 Å². The second kappa shape index (κ2) is 7.60. The van der Waals surface area contributed by atoms with Crippen LogP contribution >= 0.6 is 0 Å². The largest absolute Gasteiger partial charge is 0.492 e. The fourth-order valence-corrected chi connectivity index (χ4v) is 1.89. The summed E-state index contributed by atoms with van der Waals surface area (Å²) in [4.78, 5) is 8.53. The maximum Gasteiger partial charge on any atom is 0.138 e. The minimum Gasteiger partial charge on any atom is -0.492 e. The normalized spacial score (nSPS) is 10.5. The molecular weight excluding hydrogens is 250 g/mol. The highest BCUT2D eigenvalue weighted by Crippen LogP contribution is 2.22. The van der Waals surface area contributed by atoms with Crippen LogP contribution in [0.25, 0.3) is 11.1 Å². The molecule has 2 aromatic heterocycles. The van der Waals surface area contributed by atoms with Gasteiger partial charge in [0.15, 0.2) is 0 Å². The summed E-state index contributed by atoms with van der Waals surface area (Å²) in [7, 11) is 0. The van der Waals surface area contributed by atoms with E-state index in [4.69, 9.17) is 4.74 Å². The highest BCUT2D eigenvalue weighted by Gasteiger charge is 2.03. The van der Waals surface area contributed by atoms with Gasteiger partial charge in [0, 0.05) is 36.3 Å². The van der Waals surface area contributed by atoms with Gasteiger partial charge in [0.25, 0.3) is 0 Å². The summed E-state index contributed by atoms with van der Waals surface area (Å²) in [6.07, 6.45) is 8.32. The molecule has 0 saturated carbocycles. The van der Waals surface area contributed by atoms with Gasteiger partial charge in [-0.05, 0) is 30.7 Å². The van der Waals surface area contributed by atoms with Crippen molar-refractivity contribution in [1.29, 1.82) is 0 Å². The van der Waals surface area contributed by atoms with Gasteiger partial charge in [-0.25, -0.2) is 0 Å². The quantitative estimate of drug-likeness (QED) is 0.841. The molecule has 0 aliphatic heterocycles. The van der Waals surface area contributed by atoms with Crippen LogP contribution in [-0.4, -0.2) is 23.1 Å². The van der Waals surface area contributed by atoms with Gasteiger partial charge < -0.3 is 10.1 Å². The van der Waals surface area contributed by atoms with E-state index < -0.39 is 0 Å². The molecule has 0 bridgehead atoms. The van der Waals surface area contributed by atoms with E-state index in [-0.39, 0.29) is 0 Å². The third-order valence-corrected chi connectivity index (χ3v) is 2.89. The lowest BCUT2D eigenvalue weighted by atomic mass is 10.1. The average Bonchev–Trinajstić information content (AvgIpc) is 2.51. The molecule has 0 saturated heterocycles. The van der Waals surface area contributed by atoms with Crippen molar-refractivity contribution in [2.24, 2.45) is 0 Å². The Morgan fingerprint density at radius 2 is 1.75 bits per heavy atom. The van der Waals surface area contributed by atoms with Crippen molar-refractivity contribution in [3.8, 4) is 16.9 Å². The Hall–Kier alpha value is -1.94. The van der Waals surface area contributed by atoms with Crippen molar-refractivity contribution >= 4 is 0 Å². The molecule has 0 radical (unpaired) electrons. The molecule has 0 amide bonds. The molecule has 0 aromatic carbocycles. The molecule has 4 nitrogen and oxygen atoms in total. The van der Waals surface area contributed by atoms with Crippen LogP contribution in [0, 0.1) is 0 Å². The van der Waals surface area contributed by atoms with Crippen molar-refractivity contribution in [3.63, 3.8) is 0 Å². The Labute approximate surface area is 120 Å². The summed E-state index contributed by atoms with van der Waals surface area (Å²) >= 11 is 0. The van der Waals surface area contributed by atoms with E-state index in [0.717, 1.165) is 36.4 Å². The number of pyridine rings is 2. The zero-order valence-corrected chi connectivity index (χ0v) is 12.1. The first-order chi connectivity index (χ1) is 9.83. The van der Waals surface area contributed by atoms with Gasteiger partial charge in [0.1, 0.15) is 5.75 Å². The van der Waals surface area contributed by atoms with Gasteiger partial charge in [-0.15, -0.1) is 0 Å². The SMILES string of the molecule is CCCOc1cncc(-c2cncc(CNCC)c2)c1. The Balaban J connectivity index is 2.17. The van der Waals surface area contributed by atoms with Crippen LogP contribution < -0.4 is 10.1 Å². The number of hydrogen-bond donors (Lipinski definition) is 1. The van der Waals surface area contributed by atoms with Crippen LogP contribution in [0.15, 0.2) is 36.9 Å². The number of hydrogen-bond acceptors (Lipinski definition) is 4. The second-order valence-corrected chi connectivity index (χ2v) is 4.62. The van der Waals surface area contributed by atoms with Gasteiger partial charge in [-0.3, -0.25) is 9.97 Å². The summed E-state index contributed by atoms with van der Waals surface area (Å²) in [6, 6.07) is 4.15. The molecule has 4 heteroatoms. The Morgan fingerprint density at radius 1 is 1.00 bits per heavy atom. The highest BCUT2D eigenvalue weighted by molar-refractivity contribution is 5.63. The van der Waals surface area contributed by atoms with E-state index >= 15 is 0 Å². The van der Waals surface area contributed by atoms with Crippen molar-refractivity contribution in [3.05, 3.63) is 42.5 Å². The average molecular weight is 271 g/mol. The summed E-state index contributed by atoms with van der Waals surface area (Å²) in [5.74, 6) is 0.807. The van der Waals surface area contributed by atoms with E-state index in [0.29, 0.717) is 6.61 Å². The molecule has 0 fully saturated rings. The first-order valence-electron chi connectivity index (χ1n) is 7.06. The minimum absolute atomic E-state index is 0.712. The summed E-state index contributed by atoms with van der Waals surface area (Å²) < 4.78 is 5.62. The highest BCUT2D eigenvalue weighted by atomic mass is 16.5. The molecule has 0 spiro atoms. The molecule has 0 aliphatic rings. The van der Waals surface area contributed by atoms with E-state index in [1.54, 1.807) is 6.20 Å². The van der Waals surface area contributed by atoms with Crippen LogP contribution in [0.5, 0.6) is 5.75 Å². The van der Waals surface area contributed by atoms with Gasteiger partial charge in [-0.1, -0.05) is 13.8 Å². The van der Waals surface area contributed by atoms with Crippen LogP contribution in [0.4, 0.5) is 0 Å². The van der Waals surface area contributed by atoms with Gasteiger partial charge in [-0.2, -0.15) is 0 Å². The molecule has 2 aromatic rings. The van der Waals surface area contributed by atoms with Crippen molar-refractivity contribution in [2.45, 2.75) is 26.8 Å². The van der Waals surface area contributed by atoms with Crippen molar-refractivity contribution in [1.82, 2.24) is 15.3 Å². The van der Waals surface area contributed by atoms with Crippen molar-refractivity contribution in [2.75, 3.05) is 13.2 Å². The lowest BCUT2D eigenvalue weighted by Gasteiger charge is -2.08. The summed E-state index contributed by atoms with van der Waals surface area (Å²) in [5.41, 5.74) is 3.27. The molecule has 2 heterocycles. The molecule has 0 aliphatic carbocycles. The number of ether oxygens (including phenoxy) is 1. The second-order valence-electron chi connectivity index (χ2n) is 4.62. The first kappa shape index (κ1) is 14.5. The number of rotatable bonds is 7. The standard InChI is InChI=1S/C16H21N3O/c1-3-5-20-16-7-15(11-19-12-16)14-6-13(8-17-4-2)9-18-10-14/h6-7,9-12,17H,3-5,8H2,1-2H3. The Morgan fingerprint density at radius 3 is 2.50 bits per heavy atom. The summed E-state index contributed by atoms with van der Waals surface area (Å²) in [5, 5.41) is 3.30. The third kappa shape index (κ3) is 4.03. The third-order valence-electron chi connectivity index (χ3n) is 2.89. The van der Waals surface area contributed by atoms with Crippen LogP contribution in [-0.2, 0) is 6.54 Å². The molecular formula is C16H21N3O. The first-order valence-corrected chi connectivity index (χ1v) is 7.06. The number of nitrogens with one attached hydrogen (secondary N) is 1. The predicted molar refractivity (Wildman–Crippen MR) is 80.6 cm³/mol. The lowest BCUT2D eigenvalue weighted by molar-refractivity contribution is 0.316. The molecule has 20 heavy (non-hydrogen) atoms. The molecule has 0 unspecified atom stereocenters. The lowest BCUT2D eigenvalue weighted by Crippen LogP contribution is -2.11. The van der Waals surface area contributed by atoms with E-state index in [2.05, 4.69) is 35.2 Å². The molecule has 2 rings (SSSR count). The zero-order valence-electron chi connectivity index (χ0n) is 12.1. The number of nitrogens with zero attached hydrogens (tertiary/aromatic N) is 2. The van der Waals surface area contributed by atoms with E-state index in [1.165, 1.54) is 5.56 Å². The monoisotopic (exact) mass is 271 g/mol. The maximum atomic E-state index is 5.62. The van der Waals surface area contributed by atoms with Crippen LogP contribution in [0.2, 0.25) is 0 Å². The number of aromatic nitrogens is 2. The van der Waals surface area contributed by atoms with E-state index in [1.807, 2.05) is 24.7 Å². The van der Waals surface area contributed by atoms with Crippen LogP contribution in [0.3, 0.4) is 0 Å². The fraction of sp³-hybridized carbons (Fsp3) is 0.375. The zero-order chi connectivity index (χ0) is 14.2. The Bertz CT molecular complexity index is 493. The Kier molecular flexibility index (Phi) is 5.50. The van der Waals surface area contributed by atoms with Gasteiger partial charge in [0.05, 0.1) is 12.8 Å². The topological polar surface area (TPSA) is 47.0 Å². The molecule has 1 N–H and O–H groups in total. The molecule has 106 valence electrons.